The van der Waals surface area contributed by atoms with E-state index < -0.39 is 0 Å². The summed E-state index contributed by atoms with van der Waals surface area (Å²) in [4.78, 5) is 4.36. The number of nitrogens with zero attached hydrogens (tertiary/aromatic N) is 3. The second-order valence-corrected chi connectivity index (χ2v) is 5.31. The number of rotatable bonds is 3. The number of hydrogen-bond donors (Lipinski definition) is 1. The predicted octanol–water partition coefficient (Wildman–Crippen LogP) is 2.97. The van der Waals surface area contributed by atoms with E-state index in [4.69, 9.17) is 0 Å². The van der Waals surface area contributed by atoms with E-state index in [0.29, 0.717) is 12.1 Å². The Morgan fingerprint density at radius 3 is 2.82 bits per heavy atom. The van der Waals surface area contributed by atoms with Crippen LogP contribution in [0.4, 0.5) is 10.2 Å². The van der Waals surface area contributed by atoms with Gasteiger partial charge in [-0.05, 0) is 30.7 Å². The van der Waals surface area contributed by atoms with Crippen LogP contribution in [0.15, 0.2) is 48.7 Å². The molecule has 0 aliphatic carbocycles. The topological polar surface area (TPSA) is 42.7 Å². The number of anilines is 1. The van der Waals surface area contributed by atoms with Gasteiger partial charge < -0.3 is 5.32 Å². The molecule has 4 rings (SSSR count). The Labute approximate surface area is 127 Å². The molecule has 0 saturated carbocycles. The number of halogens is 1. The summed E-state index contributed by atoms with van der Waals surface area (Å²) in [5.74, 6) is 0.627. The molecule has 1 aliphatic heterocycles. The lowest BCUT2D eigenvalue weighted by molar-refractivity contribution is 0.610. The van der Waals surface area contributed by atoms with Crippen molar-refractivity contribution in [3.63, 3.8) is 0 Å². The van der Waals surface area contributed by atoms with Gasteiger partial charge in [-0.1, -0.05) is 18.2 Å². The molecular weight excluding hydrogens is 279 g/mol. The average molecular weight is 294 g/mol. The molecule has 110 valence electrons. The highest BCUT2D eigenvalue weighted by Gasteiger charge is 2.24. The van der Waals surface area contributed by atoms with Crippen molar-refractivity contribution in [3.8, 4) is 5.69 Å². The molecule has 3 heterocycles. The number of nitrogens with one attached hydrogen (secondary N) is 1. The molecule has 2 aromatic heterocycles. The van der Waals surface area contributed by atoms with Crippen molar-refractivity contribution in [1.29, 1.82) is 0 Å². The molecule has 1 aromatic carbocycles. The summed E-state index contributed by atoms with van der Waals surface area (Å²) in [6.07, 6.45) is 3.35. The highest BCUT2D eigenvalue weighted by atomic mass is 19.1. The molecule has 1 N–H and O–H groups in total. The maximum Gasteiger partial charge on any atom is 0.148 e. The van der Waals surface area contributed by atoms with Gasteiger partial charge in [-0.15, -0.1) is 0 Å². The molecule has 5 heteroatoms. The molecular formula is C17H15FN4. The fraction of sp³-hybridized carbons (Fsp3) is 0.176. The third-order valence-corrected chi connectivity index (χ3v) is 3.89. The van der Waals surface area contributed by atoms with E-state index in [0.717, 1.165) is 35.7 Å². The average Bonchev–Trinajstić information content (AvgIpc) is 3.13. The summed E-state index contributed by atoms with van der Waals surface area (Å²) in [6.45, 7) is 0.858. The van der Waals surface area contributed by atoms with Crippen molar-refractivity contribution in [2.24, 2.45) is 0 Å². The van der Waals surface area contributed by atoms with Crippen molar-refractivity contribution < 1.29 is 4.39 Å². The third kappa shape index (κ3) is 2.15. The number of para-hydroxylation sites is 1. The van der Waals surface area contributed by atoms with Crippen LogP contribution in [0.1, 0.15) is 17.0 Å². The van der Waals surface area contributed by atoms with Crippen LogP contribution in [0.3, 0.4) is 0 Å². The SMILES string of the molecule is Fc1ccccc1-n1nc(Cc2ccccn2)c2c1NCC2. The van der Waals surface area contributed by atoms with Gasteiger partial charge in [0.25, 0.3) is 0 Å². The zero-order valence-corrected chi connectivity index (χ0v) is 12.0. The van der Waals surface area contributed by atoms with Crippen molar-refractivity contribution in [2.75, 3.05) is 11.9 Å². The van der Waals surface area contributed by atoms with Gasteiger partial charge in [-0.3, -0.25) is 4.98 Å². The minimum atomic E-state index is -0.272. The number of fused-ring (bicyclic) bond motifs is 1. The van der Waals surface area contributed by atoms with Crippen LogP contribution in [0, 0.1) is 5.82 Å². The Morgan fingerprint density at radius 1 is 1.14 bits per heavy atom. The second-order valence-electron chi connectivity index (χ2n) is 5.31. The fourth-order valence-electron chi connectivity index (χ4n) is 2.86. The highest BCUT2D eigenvalue weighted by Crippen LogP contribution is 2.30. The summed E-state index contributed by atoms with van der Waals surface area (Å²) in [5, 5.41) is 7.95. The van der Waals surface area contributed by atoms with Gasteiger partial charge in [0.15, 0.2) is 0 Å². The molecule has 22 heavy (non-hydrogen) atoms. The third-order valence-electron chi connectivity index (χ3n) is 3.89. The molecule has 0 bridgehead atoms. The Morgan fingerprint density at radius 2 is 2.00 bits per heavy atom. The summed E-state index contributed by atoms with van der Waals surface area (Å²) in [6, 6.07) is 12.5. The number of pyridine rings is 1. The molecule has 0 unspecified atom stereocenters. The number of hydrogen-bond acceptors (Lipinski definition) is 3. The molecule has 0 radical (unpaired) electrons. The Bertz CT molecular complexity index is 811. The maximum atomic E-state index is 14.1. The fourth-order valence-corrected chi connectivity index (χ4v) is 2.86. The van der Waals surface area contributed by atoms with Crippen LogP contribution >= 0.6 is 0 Å². The number of benzene rings is 1. The molecule has 0 amide bonds. The summed E-state index contributed by atoms with van der Waals surface area (Å²) >= 11 is 0. The highest BCUT2D eigenvalue weighted by molar-refractivity contribution is 5.57. The first-order valence-electron chi connectivity index (χ1n) is 7.32. The Hall–Kier alpha value is -2.69. The summed E-state index contributed by atoms with van der Waals surface area (Å²) in [5.41, 5.74) is 3.56. The molecule has 1 aliphatic rings. The van der Waals surface area contributed by atoms with Crippen molar-refractivity contribution in [2.45, 2.75) is 12.8 Å². The minimum absolute atomic E-state index is 0.272. The zero-order chi connectivity index (χ0) is 14.9. The van der Waals surface area contributed by atoms with Crippen LogP contribution in [-0.2, 0) is 12.8 Å². The van der Waals surface area contributed by atoms with Crippen molar-refractivity contribution in [1.82, 2.24) is 14.8 Å². The van der Waals surface area contributed by atoms with Gasteiger partial charge in [0.05, 0.1) is 5.69 Å². The summed E-state index contributed by atoms with van der Waals surface area (Å²) < 4.78 is 15.8. The van der Waals surface area contributed by atoms with Gasteiger partial charge in [0.1, 0.15) is 17.3 Å². The molecule has 4 nitrogen and oxygen atoms in total. The van der Waals surface area contributed by atoms with E-state index in [-0.39, 0.29) is 5.82 Å². The van der Waals surface area contributed by atoms with Crippen LogP contribution in [0.2, 0.25) is 0 Å². The standard InChI is InChI=1S/C17H15FN4/c18-14-6-1-2-7-16(14)22-17-13(8-10-20-17)15(21-22)11-12-5-3-4-9-19-12/h1-7,9,20H,8,10-11H2. The molecule has 0 spiro atoms. The Balaban J connectivity index is 1.79. The maximum absolute atomic E-state index is 14.1. The van der Waals surface area contributed by atoms with Crippen LogP contribution in [0.5, 0.6) is 0 Å². The predicted molar refractivity (Wildman–Crippen MR) is 82.8 cm³/mol. The first-order valence-corrected chi connectivity index (χ1v) is 7.32. The van der Waals surface area contributed by atoms with E-state index in [1.807, 2.05) is 24.3 Å². The Kier molecular flexibility index (Phi) is 3.11. The smallest absolute Gasteiger partial charge is 0.148 e. The van der Waals surface area contributed by atoms with Gasteiger partial charge in [-0.25, -0.2) is 9.07 Å². The van der Waals surface area contributed by atoms with Gasteiger partial charge in [-0.2, -0.15) is 5.10 Å². The van der Waals surface area contributed by atoms with E-state index in [1.54, 1.807) is 23.0 Å². The lowest BCUT2D eigenvalue weighted by Gasteiger charge is -2.07. The normalized spacial score (nSPS) is 13.0. The minimum Gasteiger partial charge on any atom is -0.369 e. The molecule has 0 atom stereocenters. The van der Waals surface area contributed by atoms with E-state index in [1.165, 1.54) is 6.07 Å². The van der Waals surface area contributed by atoms with Gasteiger partial charge in [0, 0.05) is 30.4 Å². The largest absolute Gasteiger partial charge is 0.369 e. The summed E-state index contributed by atoms with van der Waals surface area (Å²) in [7, 11) is 0. The quantitative estimate of drug-likeness (QED) is 0.807. The van der Waals surface area contributed by atoms with Gasteiger partial charge in [0.2, 0.25) is 0 Å². The number of aromatic nitrogens is 3. The lowest BCUT2D eigenvalue weighted by atomic mass is 10.1. The molecule has 0 fully saturated rings. The van der Waals surface area contributed by atoms with Crippen LogP contribution in [0.25, 0.3) is 5.69 Å². The van der Waals surface area contributed by atoms with E-state index >= 15 is 0 Å². The van der Waals surface area contributed by atoms with Crippen molar-refractivity contribution >= 4 is 5.82 Å². The monoisotopic (exact) mass is 294 g/mol. The van der Waals surface area contributed by atoms with Crippen LogP contribution in [-0.4, -0.2) is 21.3 Å². The van der Waals surface area contributed by atoms with Gasteiger partial charge >= 0.3 is 0 Å². The first-order chi connectivity index (χ1) is 10.8. The molecule has 0 saturated heterocycles. The van der Waals surface area contributed by atoms with E-state index in [9.17, 15) is 4.39 Å². The lowest BCUT2D eigenvalue weighted by Crippen LogP contribution is -2.06. The molecule has 3 aromatic rings. The van der Waals surface area contributed by atoms with E-state index in [2.05, 4.69) is 15.4 Å². The second kappa shape index (κ2) is 5.26. The zero-order valence-electron chi connectivity index (χ0n) is 12.0. The first kappa shape index (κ1) is 13.0. The van der Waals surface area contributed by atoms with Crippen molar-refractivity contribution in [3.05, 3.63) is 71.4 Å². The van der Waals surface area contributed by atoms with Crippen LogP contribution < -0.4 is 5.32 Å².